The molecular formula is C12H18BrFN2O. The van der Waals surface area contributed by atoms with Crippen LogP contribution < -0.4 is 11.1 Å². The summed E-state index contributed by atoms with van der Waals surface area (Å²) in [6.45, 7) is 2.92. The molecule has 0 spiro atoms. The lowest BCUT2D eigenvalue weighted by atomic mass is 10.0. The molecule has 4 N–H and O–H groups in total. The summed E-state index contributed by atoms with van der Waals surface area (Å²) in [6.07, 6.45) is 1.70. The zero-order valence-electron chi connectivity index (χ0n) is 9.84. The number of aliphatic hydroxyl groups is 1. The van der Waals surface area contributed by atoms with Crippen LogP contribution in [0.5, 0.6) is 0 Å². The summed E-state index contributed by atoms with van der Waals surface area (Å²) >= 11 is 3.08. The van der Waals surface area contributed by atoms with Gasteiger partial charge in [0.2, 0.25) is 0 Å². The second-order valence-corrected chi connectivity index (χ2v) is 4.88. The number of hydrogen-bond donors (Lipinski definition) is 3. The van der Waals surface area contributed by atoms with Crippen LogP contribution in [-0.2, 0) is 0 Å². The maximum atomic E-state index is 13.3. The van der Waals surface area contributed by atoms with Crippen LogP contribution in [0.2, 0.25) is 0 Å². The lowest BCUT2D eigenvalue weighted by Gasteiger charge is -2.16. The number of nitrogens with two attached hydrogens (primary N) is 1. The van der Waals surface area contributed by atoms with Gasteiger partial charge in [-0.15, -0.1) is 0 Å². The number of hydrogen-bond acceptors (Lipinski definition) is 3. The third kappa shape index (κ3) is 4.16. The molecule has 1 aromatic carbocycles. The number of halogens is 2. The van der Waals surface area contributed by atoms with E-state index in [0.717, 1.165) is 12.8 Å². The zero-order chi connectivity index (χ0) is 12.8. The van der Waals surface area contributed by atoms with Crippen molar-refractivity contribution in [2.24, 2.45) is 5.92 Å². The fraction of sp³-hybridized carbons (Fsp3) is 0.500. The number of nitrogens with one attached hydrogen (secondary N) is 1. The second kappa shape index (κ2) is 6.81. The second-order valence-electron chi connectivity index (χ2n) is 4.02. The minimum absolute atomic E-state index is 0.171. The lowest BCUT2D eigenvalue weighted by molar-refractivity contribution is 0.258. The van der Waals surface area contributed by atoms with Gasteiger partial charge in [-0.2, -0.15) is 0 Å². The van der Waals surface area contributed by atoms with E-state index in [1.807, 2.05) is 0 Å². The first-order chi connectivity index (χ1) is 8.08. The van der Waals surface area contributed by atoms with Crippen LogP contribution in [0.3, 0.4) is 0 Å². The number of benzene rings is 1. The van der Waals surface area contributed by atoms with E-state index >= 15 is 0 Å². The number of aliphatic hydroxyl groups excluding tert-OH is 1. The maximum absolute atomic E-state index is 13.3. The summed E-state index contributed by atoms with van der Waals surface area (Å²) in [7, 11) is 0. The van der Waals surface area contributed by atoms with Crippen molar-refractivity contribution in [2.75, 3.05) is 24.2 Å². The third-order valence-electron chi connectivity index (χ3n) is 2.79. The first kappa shape index (κ1) is 14.3. The van der Waals surface area contributed by atoms with Crippen LogP contribution in [0.4, 0.5) is 15.8 Å². The van der Waals surface area contributed by atoms with Crippen molar-refractivity contribution in [3.05, 3.63) is 22.4 Å². The first-order valence-corrected chi connectivity index (χ1v) is 6.47. The Balaban J connectivity index is 2.65. The number of anilines is 2. The minimum Gasteiger partial charge on any atom is -0.397 e. The monoisotopic (exact) mass is 304 g/mol. The van der Waals surface area contributed by atoms with E-state index in [9.17, 15) is 4.39 Å². The molecule has 96 valence electrons. The molecule has 0 bridgehead atoms. The molecular weight excluding hydrogens is 287 g/mol. The van der Waals surface area contributed by atoms with Gasteiger partial charge >= 0.3 is 0 Å². The van der Waals surface area contributed by atoms with Crippen molar-refractivity contribution < 1.29 is 9.50 Å². The summed E-state index contributed by atoms with van der Waals surface area (Å²) < 4.78 is 13.7. The van der Waals surface area contributed by atoms with Crippen LogP contribution >= 0.6 is 15.9 Å². The fourth-order valence-corrected chi connectivity index (χ4v) is 1.96. The van der Waals surface area contributed by atoms with E-state index in [4.69, 9.17) is 10.8 Å². The third-order valence-corrected chi connectivity index (χ3v) is 3.40. The average Bonchev–Trinajstić information content (AvgIpc) is 2.30. The molecule has 17 heavy (non-hydrogen) atoms. The molecule has 1 aromatic rings. The summed E-state index contributed by atoms with van der Waals surface area (Å²) in [4.78, 5) is 0. The highest BCUT2D eigenvalue weighted by atomic mass is 79.9. The summed E-state index contributed by atoms with van der Waals surface area (Å²) in [5.41, 5.74) is 6.89. The van der Waals surface area contributed by atoms with Gasteiger partial charge in [0.1, 0.15) is 5.82 Å². The number of rotatable bonds is 6. The van der Waals surface area contributed by atoms with Crippen molar-refractivity contribution in [1.82, 2.24) is 0 Å². The Bertz CT molecular complexity index is 374. The van der Waals surface area contributed by atoms with E-state index in [1.165, 1.54) is 6.07 Å². The Kier molecular flexibility index (Phi) is 5.71. The van der Waals surface area contributed by atoms with Crippen molar-refractivity contribution >= 4 is 27.3 Å². The van der Waals surface area contributed by atoms with E-state index in [-0.39, 0.29) is 12.4 Å². The van der Waals surface area contributed by atoms with E-state index in [0.29, 0.717) is 28.3 Å². The average molecular weight is 305 g/mol. The van der Waals surface area contributed by atoms with Crippen LogP contribution in [0, 0.1) is 11.7 Å². The molecule has 0 aliphatic rings. The molecule has 1 atom stereocenters. The molecule has 1 unspecified atom stereocenters. The van der Waals surface area contributed by atoms with Crippen LogP contribution in [0.25, 0.3) is 0 Å². The largest absolute Gasteiger partial charge is 0.397 e. The Morgan fingerprint density at radius 1 is 1.53 bits per heavy atom. The van der Waals surface area contributed by atoms with Gasteiger partial charge in [0, 0.05) is 19.2 Å². The highest BCUT2D eigenvalue weighted by Crippen LogP contribution is 2.26. The molecule has 0 saturated heterocycles. The Morgan fingerprint density at radius 2 is 2.24 bits per heavy atom. The topological polar surface area (TPSA) is 58.3 Å². The Morgan fingerprint density at radius 3 is 2.82 bits per heavy atom. The van der Waals surface area contributed by atoms with Crippen LogP contribution in [-0.4, -0.2) is 18.3 Å². The molecule has 0 amide bonds. The fourth-order valence-electron chi connectivity index (χ4n) is 1.60. The van der Waals surface area contributed by atoms with Gasteiger partial charge in [-0.25, -0.2) is 4.39 Å². The molecule has 0 radical (unpaired) electrons. The van der Waals surface area contributed by atoms with Crippen molar-refractivity contribution in [3.63, 3.8) is 0 Å². The van der Waals surface area contributed by atoms with Gasteiger partial charge in [0.05, 0.1) is 15.8 Å². The van der Waals surface area contributed by atoms with E-state index in [1.54, 1.807) is 6.07 Å². The molecule has 0 heterocycles. The highest BCUT2D eigenvalue weighted by molar-refractivity contribution is 9.10. The SMILES string of the molecule is CCC(CCO)CNc1cc(F)c(Br)cc1N. The predicted molar refractivity (Wildman–Crippen MR) is 72.5 cm³/mol. The highest BCUT2D eigenvalue weighted by Gasteiger charge is 2.09. The van der Waals surface area contributed by atoms with Gasteiger partial charge in [0.15, 0.2) is 0 Å². The van der Waals surface area contributed by atoms with Crippen molar-refractivity contribution in [3.8, 4) is 0 Å². The Hall–Kier alpha value is -0.810. The lowest BCUT2D eigenvalue weighted by Crippen LogP contribution is -2.15. The molecule has 0 aliphatic heterocycles. The van der Waals surface area contributed by atoms with Gasteiger partial charge in [-0.05, 0) is 34.3 Å². The van der Waals surface area contributed by atoms with Gasteiger partial charge < -0.3 is 16.2 Å². The minimum atomic E-state index is -0.336. The van der Waals surface area contributed by atoms with E-state index < -0.39 is 0 Å². The molecule has 5 heteroatoms. The van der Waals surface area contributed by atoms with Crippen molar-refractivity contribution in [1.29, 1.82) is 0 Å². The van der Waals surface area contributed by atoms with Gasteiger partial charge in [0.25, 0.3) is 0 Å². The Labute approximate surface area is 109 Å². The number of nitrogen functional groups attached to an aromatic ring is 1. The molecule has 0 aromatic heterocycles. The van der Waals surface area contributed by atoms with E-state index in [2.05, 4.69) is 28.2 Å². The van der Waals surface area contributed by atoms with Crippen LogP contribution in [0.15, 0.2) is 16.6 Å². The molecule has 0 aliphatic carbocycles. The summed E-state index contributed by atoms with van der Waals surface area (Å²) in [5.74, 6) is 0.0306. The summed E-state index contributed by atoms with van der Waals surface area (Å²) in [6, 6.07) is 2.93. The first-order valence-electron chi connectivity index (χ1n) is 5.67. The van der Waals surface area contributed by atoms with Gasteiger partial charge in [-0.3, -0.25) is 0 Å². The quantitative estimate of drug-likeness (QED) is 0.708. The van der Waals surface area contributed by atoms with Gasteiger partial charge in [-0.1, -0.05) is 13.3 Å². The molecule has 0 fully saturated rings. The smallest absolute Gasteiger partial charge is 0.139 e. The summed E-state index contributed by atoms with van der Waals surface area (Å²) in [5, 5.41) is 12.0. The van der Waals surface area contributed by atoms with Crippen molar-refractivity contribution in [2.45, 2.75) is 19.8 Å². The molecule has 0 saturated carbocycles. The normalized spacial score (nSPS) is 12.5. The van der Waals surface area contributed by atoms with Crippen LogP contribution in [0.1, 0.15) is 19.8 Å². The zero-order valence-corrected chi connectivity index (χ0v) is 11.4. The molecule has 3 nitrogen and oxygen atoms in total. The predicted octanol–water partition coefficient (Wildman–Crippen LogP) is 2.99. The standard InChI is InChI=1S/C12H18BrFN2O/c1-2-8(3-4-17)7-16-12-6-10(14)9(13)5-11(12)15/h5-6,8,16-17H,2-4,7,15H2,1H3. The molecule has 1 rings (SSSR count). The maximum Gasteiger partial charge on any atom is 0.139 e.